The lowest BCUT2D eigenvalue weighted by Gasteiger charge is -2.40. The zero-order valence-corrected chi connectivity index (χ0v) is 18.6. The summed E-state index contributed by atoms with van der Waals surface area (Å²) in [5.74, 6) is -0.0619. The van der Waals surface area contributed by atoms with Crippen molar-refractivity contribution >= 4 is 29.1 Å². The van der Waals surface area contributed by atoms with Crippen LogP contribution in [0.5, 0.6) is 0 Å². The van der Waals surface area contributed by atoms with Gasteiger partial charge in [-0.15, -0.1) is 0 Å². The fourth-order valence-electron chi connectivity index (χ4n) is 3.90. The maximum atomic E-state index is 13.0. The number of halogens is 3. The van der Waals surface area contributed by atoms with Gasteiger partial charge in [0.05, 0.1) is 16.6 Å². The van der Waals surface area contributed by atoms with E-state index in [-0.39, 0.29) is 24.4 Å². The van der Waals surface area contributed by atoms with Crippen molar-refractivity contribution in [2.24, 2.45) is 0 Å². The lowest BCUT2D eigenvalue weighted by atomic mass is 9.96. The highest BCUT2D eigenvalue weighted by Crippen LogP contribution is 2.30. The van der Waals surface area contributed by atoms with E-state index in [4.69, 9.17) is 23.2 Å². The second kappa shape index (κ2) is 10.3. The van der Waals surface area contributed by atoms with Crippen molar-refractivity contribution < 1.29 is 17.2 Å². The van der Waals surface area contributed by atoms with Crippen LogP contribution in [0, 0.1) is 0 Å². The van der Waals surface area contributed by atoms with Gasteiger partial charge in [0.2, 0.25) is 0 Å². The van der Waals surface area contributed by atoms with Crippen molar-refractivity contribution in [1.82, 2.24) is 9.80 Å². The lowest BCUT2D eigenvalue weighted by molar-refractivity contribution is -0.0000164. The Morgan fingerprint density at radius 3 is 1.83 bits per heavy atom. The van der Waals surface area contributed by atoms with Crippen molar-refractivity contribution in [2.45, 2.75) is 6.04 Å². The molecule has 1 heterocycles. The van der Waals surface area contributed by atoms with Gasteiger partial charge in [0.1, 0.15) is 0 Å². The fraction of sp³-hybridized carbons (Fsp3) is 0.208. The Kier molecular flexibility index (Phi) is 7.79. The molecule has 1 aliphatic rings. The molecule has 1 aliphatic heterocycles. The number of carbonyl (C=O) groups excluding carboxylic acids is 1. The number of rotatable bonds is 4. The van der Waals surface area contributed by atoms with E-state index in [1.54, 1.807) is 18.2 Å². The Labute approximate surface area is 193 Å². The third kappa shape index (κ3) is 4.98. The van der Waals surface area contributed by atoms with E-state index >= 15 is 0 Å². The summed E-state index contributed by atoms with van der Waals surface area (Å²) in [6.45, 7) is 2.88. The summed E-state index contributed by atoms with van der Waals surface area (Å²) in [4.78, 5) is 17.3. The summed E-state index contributed by atoms with van der Waals surface area (Å²) >= 11 is 12.3. The molecule has 0 radical (unpaired) electrons. The van der Waals surface area contributed by atoms with Gasteiger partial charge < -0.3 is 17.3 Å². The van der Waals surface area contributed by atoms with Crippen LogP contribution in [-0.4, -0.2) is 41.9 Å². The fourth-order valence-corrected chi connectivity index (χ4v) is 4.27. The van der Waals surface area contributed by atoms with Gasteiger partial charge in [0.15, 0.2) is 0 Å². The van der Waals surface area contributed by atoms with Gasteiger partial charge in [-0.25, -0.2) is 0 Å². The highest BCUT2D eigenvalue weighted by atomic mass is 35.5. The average Bonchev–Trinajstić information content (AvgIpc) is 2.77. The smallest absolute Gasteiger partial charge is 0.255 e. The molecule has 3 aromatic rings. The second-order valence-corrected chi connectivity index (χ2v) is 8.02. The van der Waals surface area contributed by atoms with E-state index in [1.165, 1.54) is 11.1 Å². The molecule has 0 bridgehead atoms. The topological polar surface area (TPSA) is 23.6 Å². The monoisotopic (exact) mass is 459 g/mol. The predicted molar refractivity (Wildman–Crippen MR) is 119 cm³/mol. The van der Waals surface area contributed by atoms with Crippen LogP contribution in [0.25, 0.3) is 0 Å². The van der Waals surface area contributed by atoms with E-state index < -0.39 is 0 Å². The van der Waals surface area contributed by atoms with E-state index in [1.807, 2.05) is 17.0 Å². The van der Waals surface area contributed by atoms with E-state index in [2.05, 4.69) is 53.4 Å². The highest BCUT2D eigenvalue weighted by Gasteiger charge is 2.29. The molecule has 0 spiro atoms. The van der Waals surface area contributed by atoms with Crippen LogP contribution in [-0.2, 0) is 0 Å². The van der Waals surface area contributed by atoms with Gasteiger partial charge in [0.25, 0.3) is 5.91 Å². The zero-order valence-electron chi connectivity index (χ0n) is 16.3. The minimum atomic E-state index is -0.0619. The first kappa shape index (κ1) is 22.6. The number of amides is 1. The average molecular weight is 461 g/mol. The third-order valence-corrected chi connectivity index (χ3v) is 5.92. The summed E-state index contributed by atoms with van der Waals surface area (Å²) < 4.78 is 0. The normalized spacial score (nSPS) is 14.4. The first-order valence-corrected chi connectivity index (χ1v) is 10.5. The standard InChI is InChI=1S/C24H22Cl2N2O.ClH/c25-20-11-12-22(26)21(17-20)24(29)28-15-13-27(14-16-28)23(18-7-3-1-4-8-18)19-9-5-2-6-10-19;/h1-12,17,23H,13-16H2;1H/p-1. The largest absolute Gasteiger partial charge is 1.00 e. The number of carbonyl (C=O) groups is 1. The molecule has 30 heavy (non-hydrogen) atoms. The molecule has 3 aromatic carbocycles. The van der Waals surface area contributed by atoms with Crippen molar-refractivity contribution in [3.63, 3.8) is 0 Å². The Morgan fingerprint density at radius 1 is 0.767 bits per heavy atom. The summed E-state index contributed by atoms with van der Waals surface area (Å²) in [7, 11) is 0. The molecule has 0 aromatic heterocycles. The molecule has 0 aliphatic carbocycles. The third-order valence-electron chi connectivity index (χ3n) is 5.36. The van der Waals surface area contributed by atoms with Crippen molar-refractivity contribution in [1.29, 1.82) is 0 Å². The Morgan fingerprint density at radius 2 is 1.30 bits per heavy atom. The molecular formula is C24H22Cl3N2O-. The number of hydrogen-bond acceptors (Lipinski definition) is 2. The second-order valence-electron chi connectivity index (χ2n) is 7.18. The highest BCUT2D eigenvalue weighted by molar-refractivity contribution is 6.35. The van der Waals surface area contributed by atoms with Gasteiger partial charge in [-0.2, -0.15) is 0 Å². The van der Waals surface area contributed by atoms with Crippen LogP contribution in [0.15, 0.2) is 78.9 Å². The molecule has 0 N–H and O–H groups in total. The van der Waals surface area contributed by atoms with Gasteiger partial charge >= 0.3 is 0 Å². The Bertz CT molecular complexity index is 935. The maximum absolute atomic E-state index is 13.0. The number of piperazine rings is 1. The van der Waals surface area contributed by atoms with Crippen LogP contribution < -0.4 is 12.4 Å². The zero-order chi connectivity index (χ0) is 20.2. The number of nitrogens with zero attached hydrogens (tertiary/aromatic N) is 2. The SMILES string of the molecule is O=C(c1cc(Cl)ccc1Cl)N1CCN(C(c2ccccc2)c2ccccc2)CC1.[Cl-]. The van der Waals surface area contributed by atoms with Crippen molar-refractivity contribution in [3.05, 3.63) is 106 Å². The molecule has 1 saturated heterocycles. The molecular weight excluding hydrogens is 439 g/mol. The van der Waals surface area contributed by atoms with Gasteiger partial charge in [-0.1, -0.05) is 83.9 Å². The summed E-state index contributed by atoms with van der Waals surface area (Å²) in [5.41, 5.74) is 2.99. The summed E-state index contributed by atoms with van der Waals surface area (Å²) in [6.07, 6.45) is 0. The summed E-state index contributed by atoms with van der Waals surface area (Å²) in [5, 5.41) is 0.956. The van der Waals surface area contributed by atoms with Gasteiger partial charge in [0, 0.05) is 31.2 Å². The van der Waals surface area contributed by atoms with Crippen LogP contribution in [0.4, 0.5) is 0 Å². The molecule has 1 fully saturated rings. The molecule has 0 atom stereocenters. The molecule has 4 rings (SSSR count). The van der Waals surface area contributed by atoms with Crippen LogP contribution in [0.2, 0.25) is 10.0 Å². The molecule has 3 nitrogen and oxygen atoms in total. The lowest BCUT2D eigenvalue weighted by Crippen LogP contribution is -3.00. The van der Waals surface area contributed by atoms with E-state index in [0.29, 0.717) is 28.7 Å². The number of benzene rings is 3. The van der Waals surface area contributed by atoms with Crippen LogP contribution in [0.1, 0.15) is 27.5 Å². The molecule has 6 heteroatoms. The van der Waals surface area contributed by atoms with Crippen molar-refractivity contribution in [3.8, 4) is 0 Å². The Hall–Kier alpha value is -2.04. The van der Waals surface area contributed by atoms with E-state index in [0.717, 1.165) is 13.1 Å². The van der Waals surface area contributed by atoms with Crippen LogP contribution in [0.3, 0.4) is 0 Å². The van der Waals surface area contributed by atoms with Crippen LogP contribution >= 0.6 is 23.2 Å². The molecule has 1 amide bonds. The number of hydrogen-bond donors (Lipinski definition) is 0. The molecule has 0 unspecified atom stereocenters. The summed E-state index contributed by atoms with van der Waals surface area (Å²) in [6, 6.07) is 26.2. The first-order valence-electron chi connectivity index (χ1n) is 9.72. The predicted octanol–water partition coefficient (Wildman–Crippen LogP) is 2.54. The van der Waals surface area contributed by atoms with Gasteiger partial charge in [-0.3, -0.25) is 9.69 Å². The van der Waals surface area contributed by atoms with Gasteiger partial charge in [-0.05, 0) is 29.3 Å². The van der Waals surface area contributed by atoms with Crippen molar-refractivity contribution in [2.75, 3.05) is 26.2 Å². The maximum Gasteiger partial charge on any atom is 0.255 e. The molecule has 0 saturated carbocycles. The minimum absolute atomic E-state index is 0. The minimum Gasteiger partial charge on any atom is -1.00 e. The first-order chi connectivity index (χ1) is 14.1. The quantitative estimate of drug-likeness (QED) is 0.597. The van der Waals surface area contributed by atoms with E-state index in [9.17, 15) is 4.79 Å². The Balaban J connectivity index is 0.00000256. The molecule has 156 valence electrons.